The lowest BCUT2D eigenvalue weighted by molar-refractivity contribution is -0.121. The van der Waals surface area contributed by atoms with Crippen LogP contribution in [-0.2, 0) is 11.2 Å². The highest BCUT2D eigenvalue weighted by Gasteiger charge is 2.17. The van der Waals surface area contributed by atoms with Gasteiger partial charge in [-0.15, -0.1) is 0 Å². The van der Waals surface area contributed by atoms with Crippen LogP contribution in [0.25, 0.3) is 11.0 Å². The zero-order chi connectivity index (χ0) is 16.4. The molecule has 0 aliphatic carbocycles. The summed E-state index contributed by atoms with van der Waals surface area (Å²) in [6.45, 7) is 1.82. The molecule has 1 unspecified atom stereocenters. The first-order chi connectivity index (χ1) is 11.0. The van der Waals surface area contributed by atoms with Gasteiger partial charge in [0.25, 0.3) is 0 Å². The van der Waals surface area contributed by atoms with Crippen molar-refractivity contribution in [3.8, 4) is 0 Å². The van der Waals surface area contributed by atoms with Crippen molar-refractivity contribution >= 4 is 28.5 Å². The number of fused-ring (bicyclic) bond motifs is 1. The predicted octanol–water partition coefficient (Wildman–Crippen LogP) is 4.65. The average molecular weight is 332 g/mol. The summed E-state index contributed by atoms with van der Waals surface area (Å²) in [5, 5.41) is 4.02. The summed E-state index contributed by atoms with van der Waals surface area (Å²) in [5.41, 5.74) is 0.962. The lowest BCUT2D eigenvalue weighted by Crippen LogP contribution is -2.28. The lowest BCUT2D eigenvalue weighted by Gasteiger charge is -2.12. The summed E-state index contributed by atoms with van der Waals surface area (Å²) in [5.74, 6) is -0.145. The molecule has 0 aliphatic heterocycles. The second-order valence-electron chi connectivity index (χ2n) is 5.35. The van der Waals surface area contributed by atoms with E-state index < -0.39 is 5.82 Å². The molecule has 3 nitrogen and oxygen atoms in total. The lowest BCUT2D eigenvalue weighted by atomic mass is 10.1. The van der Waals surface area contributed by atoms with E-state index in [0.29, 0.717) is 5.76 Å². The van der Waals surface area contributed by atoms with Crippen molar-refractivity contribution in [3.05, 3.63) is 70.7 Å². The van der Waals surface area contributed by atoms with E-state index in [-0.39, 0.29) is 29.0 Å². The van der Waals surface area contributed by atoms with E-state index in [9.17, 15) is 9.18 Å². The molecule has 3 rings (SSSR count). The summed E-state index contributed by atoms with van der Waals surface area (Å²) < 4.78 is 19.4. The standard InChI is InChI=1S/C18H15ClFNO2/c1-11(17-9-12-5-2-3-8-16(12)23-17)21-18(22)10-13-14(19)6-4-7-15(13)20/h2-9,11H,10H2,1H3,(H,21,22). The van der Waals surface area contributed by atoms with Gasteiger partial charge >= 0.3 is 0 Å². The SMILES string of the molecule is CC(NC(=O)Cc1c(F)cccc1Cl)c1cc2ccccc2o1. The van der Waals surface area contributed by atoms with Crippen molar-refractivity contribution in [1.82, 2.24) is 5.32 Å². The Kier molecular flexibility index (Phi) is 4.35. The Labute approximate surface area is 138 Å². The van der Waals surface area contributed by atoms with E-state index in [2.05, 4.69) is 5.32 Å². The minimum Gasteiger partial charge on any atom is -0.459 e. The summed E-state index contributed by atoms with van der Waals surface area (Å²) in [6.07, 6.45) is -0.115. The third-order valence-corrected chi connectivity index (χ3v) is 4.00. The van der Waals surface area contributed by atoms with Gasteiger partial charge < -0.3 is 9.73 Å². The van der Waals surface area contributed by atoms with Gasteiger partial charge in [-0.1, -0.05) is 35.9 Å². The van der Waals surface area contributed by atoms with Crippen molar-refractivity contribution in [1.29, 1.82) is 0 Å². The number of amides is 1. The van der Waals surface area contributed by atoms with Crippen LogP contribution in [-0.4, -0.2) is 5.91 Å². The van der Waals surface area contributed by atoms with Crippen LogP contribution >= 0.6 is 11.6 Å². The van der Waals surface area contributed by atoms with Crippen LogP contribution < -0.4 is 5.32 Å². The normalized spacial score (nSPS) is 12.3. The van der Waals surface area contributed by atoms with E-state index in [1.807, 2.05) is 37.3 Å². The smallest absolute Gasteiger partial charge is 0.225 e. The first kappa shape index (κ1) is 15.6. The highest BCUT2D eigenvalue weighted by molar-refractivity contribution is 6.31. The molecule has 0 saturated carbocycles. The maximum atomic E-state index is 13.7. The first-order valence-electron chi connectivity index (χ1n) is 7.25. The van der Waals surface area contributed by atoms with Crippen molar-refractivity contribution < 1.29 is 13.6 Å². The predicted molar refractivity (Wildman–Crippen MR) is 87.9 cm³/mol. The van der Waals surface area contributed by atoms with E-state index in [0.717, 1.165) is 11.0 Å². The fraction of sp³-hybridized carbons (Fsp3) is 0.167. The Morgan fingerprint density at radius 2 is 2.04 bits per heavy atom. The van der Waals surface area contributed by atoms with Gasteiger partial charge in [0.1, 0.15) is 17.2 Å². The zero-order valence-corrected chi connectivity index (χ0v) is 13.2. The number of hydrogen-bond donors (Lipinski definition) is 1. The van der Waals surface area contributed by atoms with E-state index >= 15 is 0 Å². The fourth-order valence-electron chi connectivity index (χ4n) is 2.44. The number of para-hydroxylation sites is 1. The van der Waals surface area contributed by atoms with Crippen molar-refractivity contribution in [3.63, 3.8) is 0 Å². The molecule has 0 spiro atoms. The molecular weight excluding hydrogens is 317 g/mol. The minimum atomic E-state index is -0.482. The average Bonchev–Trinajstić information content (AvgIpc) is 2.95. The van der Waals surface area contributed by atoms with E-state index in [1.54, 1.807) is 6.07 Å². The fourth-order valence-corrected chi connectivity index (χ4v) is 2.67. The topological polar surface area (TPSA) is 42.2 Å². The molecule has 0 bridgehead atoms. The Bertz CT molecular complexity index is 806. The van der Waals surface area contributed by atoms with Gasteiger partial charge in [-0.2, -0.15) is 0 Å². The second-order valence-corrected chi connectivity index (χ2v) is 5.76. The van der Waals surface area contributed by atoms with Crippen LogP contribution in [0.1, 0.15) is 24.3 Å². The Morgan fingerprint density at radius 1 is 1.26 bits per heavy atom. The van der Waals surface area contributed by atoms with Gasteiger partial charge in [0.2, 0.25) is 5.91 Å². The van der Waals surface area contributed by atoms with Crippen LogP contribution in [0, 0.1) is 5.82 Å². The molecule has 0 aliphatic rings. The highest BCUT2D eigenvalue weighted by Crippen LogP contribution is 2.24. The molecule has 3 aromatic rings. The highest BCUT2D eigenvalue weighted by atomic mass is 35.5. The molecule has 0 saturated heterocycles. The third kappa shape index (κ3) is 3.37. The third-order valence-electron chi connectivity index (χ3n) is 3.65. The molecule has 1 atom stereocenters. The number of nitrogens with one attached hydrogen (secondary N) is 1. The Morgan fingerprint density at radius 3 is 2.78 bits per heavy atom. The summed E-state index contributed by atoms with van der Waals surface area (Å²) >= 11 is 5.94. The molecule has 0 fully saturated rings. The molecular formula is C18H15ClFNO2. The number of halogens is 2. The Hall–Kier alpha value is -2.33. The molecule has 1 amide bonds. The van der Waals surface area contributed by atoms with Gasteiger partial charge in [-0.25, -0.2) is 4.39 Å². The summed E-state index contributed by atoms with van der Waals surface area (Å²) in [4.78, 5) is 12.1. The van der Waals surface area contributed by atoms with Crippen LogP contribution in [0.5, 0.6) is 0 Å². The van der Waals surface area contributed by atoms with Crippen LogP contribution in [0.2, 0.25) is 5.02 Å². The van der Waals surface area contributed by atoms with Gasteiger partial charge in [0.05, 0.1) is 12.5 Å². The minimum absolute atomic E-state index is 0.115. The number of hydrogen-bond acceptors (Lipinski definition) is 2. The van der Waals surface area contributed by atoms with Gasteiger partial charge in [0, 0.05) is 16.0 Å². The maximum Gasteiger partial charge on any atom is 0.225 e. The second kappa shape index (κ2) is 6.42. The molecule has 1 N–H and O–H groups in total. The van der Waals surface area contributed by atoms with Crippen LogP contribution in [0.3, 0.4) is 0 Å². The molecule has 2 aromatic carbocycles. The number of furan rings is 1. The maximum absolute atomic E-state index is 13.7. The van der Waals surface area contributed by atoms with Crippen molar-refractivity contribution in [2.45, 2.75) is 19.4 Å². The molecule has 5 heteroatoms. The molecule has 23 heavy (non-hydrogen) atoms. The number of carbonyl (C=O) groups excluding carboxylic acids is 1. The Balaban J connectivity index is 1.72. The summed E-state index contributed by atoms with van der Waals surface area (Å²) in [7, 11) is 0. The molecule has 1 aromatic heterocycles. The zero-order valence-electron chi connectivity index (χ0n) is 12.5. The number of rotatable bonds is 4. The summed E-state index contributed by atoms with van der Waals surface area (Å²) in [6, 6.07) is 13.5. The number of benzene rings is 2. The van der Waals surface area contributed by atoms with Crippen LogP contribution in [0.15, 0.2) is 52.9 Å². The monoisotopic (exact) mass is 331 g/mol. The van der Waals surface area contributed by atoms with Crippen molar-refractivity contribution in [2.24, 2.45) is 0 Å². The van der Waals surface area contributed by atoms with E-state index in [4.69, 9.17) is 16.0 Å². The number of carbonyl (C=O) groups is 1. The largest absolute Gasteiger partial charge is 0.459 e. The quantitative estimate of drug-likeness (QED) is 0.756. The van der Waals surface area contributed by atoms with Gasteiger partial charge in [-0.05, 0) is 31.2 Å². The first-order valence-corrected chi connectivity index (χ1v) is 7.63. The van der Waals surface area contributed by atoms with E-state index in [1.165, 1.54) is 12.1 Å². The van der Waals surface area contributed by atoms with Gasteiger partial charge in [0.15, 0.2) is 0 Å². The molecule has 1 heterocycles. The van der Waals surface area contributed by atoms with Crippen LogP contribution in [0.4, 0.5) is 4.39 Å². The van der Waals surface area contributed by atoms with Crippen molar-refractivity contribution in [2.75, 3.05) is 0 Å². The molecule has 0 radical (unpaired) electrons. The molecule has 118 valence electrons. The van der Waals surface area contributed by atoms with Gasteiger partial charge in [-0.3, -0.25) is 4.79 Å².